The molecular formula is C25H23Cl3N2O2. The molecule has 0 fully saturated rings. The van der Waals surface area contributed by atoms with E-state index in [1.807, 2.05) is 36.4 Å². The van der Waals surface area contributed by atoms with Crippen molar-refractivity contribution in [1.29, 1.82) is 0 Å². The smallest absolute Gasteiger partial charge is 0.242 e. The lowest BCUT2D eigenvalue weighted by Crippen LogP contribution is -2.50. The van der Waals surface area contributed by atoms with Gasteiger partial charge in [-0.05, 0) is 41.0 Å². The van der Waals surface area contributed by atoms with Crippen LogP contribution in [0.1, 0.15) is 16.7 Å². The zero-order valence-electron chi connectivity index (χ0n) is 17.5. The van der Waals surface area contributed by atoms with Crippen molar-refractivity contribution < 1.29 is 9.59 Å². The summed E-state index contributed by atoms with van der Waals surface area (Å²) in [6.07, 6.45) is 0.473. The highest BCUT2D eigenvalue weighted by molar-refractivity contribution is 6.35. The van der Waals surface area contributed by atoms with Crippen molar-refractivity contribution in [1.82, 2.24) is 10.2 Å². The number of nitrogens with zero attached hydrogens (tertiary/aromatic N) is 1. The van der Waals surface area contributed by atoms with Gasteiger partial charge in [-0.3, -0.25) is 9.59 Å². The third-order valence-corrected chi connectivity index (χ3v) is 5.94. The van der Waals surface area contributed by atoms with E-state index in [0.717, 1.165) is 11.1 Å². The highest BCUT2D eigenvalue weighted by Gasteiger charge is 2.30. The van der Waals surface area contributed by atoms with Gasteiger partial charge in [0.15, 0.2) is 0 Å². The first-order valence-electron chi connectivity index (χ1n) is 10.1. The fraction of sp³-hybridized carbons (Fsp3) is 0.200. The zero-order chi connectivity index (χ0) is 23.1. The number of halogens is 3. The highest BCUT2D eigenvalue weighted by Crippen LogP contribution is 2.24. The van der Waals surface area contributed by atoms with E-state index in [4.69, 9.17) is 34.8 Å². The van der Waals surface area contributed by atoms with Crippen molar-refractivity contribution in [3.63, 3.8) is 0 Å². The average Bonchev–Trinajstić information content (AvgIpc) is 2.77. The molecule has 0 aromatic heterocycles. The summed E-state index contributed by atoms with van der Waals surface area (Å²) >= 11 is 18.5. The van der Waals surface area contributed by atoms with Gasteiger partial charge in [-0.1, -0.05) is 83.3 Å². The van der Waals surface area contributed by atoms with Gasteiger partial charge in [0.1, 0.15) is 6.04 Å². The summed E-state index contributed by atoms with van der Waals surface area (Å²) in [4.78, 5) is 28.0. The molecule has 1 atom stereocenters. The summed E-state index contributed by atoms with van der Waals surface area (Å²) in [5.41, 5.74) is 2.42. The van der Waals surface area contributed by atoms with Crippen LogP contribution in [0.4, 0.5) is 0 Å². The van der Waals surface area contributed by atoms with E-state index in [-0.39, 0.29) is 24.8 Å². The summed E-state index contributed by atoms with van der Waals surface area (Å²) in [6.45, 7) is 0.167. The first-order valence-corrected chi connectivity index (χ1v) is 11.2. The quantitative estimate of drug-likeness (QED) is 0.449. The lowest BCUT2D eigenvalue weighted by molar-refractivity contribution is -0.140. The topological polar surface area (TPSA) is 49.4 Å². The predicted octanol–water partition coefficient (Wildman–Crippen LogP) is 5.58. The molecule has 3 aromatic carbocycles. The van der Waals surface area contributed by atoms with E-state index in [1.165, 1.54) is 0 Å². The Kier molecular flexibility index (Phi) is 8.57. The Balaban J connectivity index is 1.97. The number of carbonyl (C=O) groups excluding carboxylic acids is 2. The summed E-state index contributed by atoms with van der Waals surface area (Å²) < 4.78 is 0. The Morgan fingerprint density at radius 3 is 2.22 bits per heavy atom. The molecule has 0 heterocycles. The molecule has 32 heavy (non-hydrogen) atoms. The Morgan fingerprint density at radius 1 is 0.875 bits per heavy atom. The fourth-order valence-corrected chi connectivity index (χ4v) is 4.16. The Hall–Kier alpha value is -2.53. The average molecular weight is 490 g/mol. The third-order valence-electron chi connectivity index (χ3n) is 5.12. The molecule has 0 bridgehead atoms. The highest BCUT2D eigenvalue weighted by atomic mass is 35.5. The summed E-state index contributed by atoms with van der Waals surface area (Å²) in [5, 5.41) is 4.19. The second kappa shape index (κ2) is 11.4. The molecule has 166 valence electrons. The van der Waals surface area contributed by atoms with Crippen LogP contribution >= 0.6 is 34.8 Å². The summed E-state index contributed by atoms with van der Waals surface area (Å²) in [5.74, 6) is -0.457. The second-order valence-electron chi connectivity index (χ2n) is 7.38. The molecule has 0 saturated heterocycles. The van der Waals surface area contributed by atoms with E-state index in [2.05, 4.69) is 5.32 Å². The van der Waals surface area contributed by atoms with E-state index in [0.29, 0.717) is 27.1 Å². The minimum atomic E-state index is -0.721. The van der Waals surface area contributed by atoms with Crippen molar-refractivity contribution in [2.24, 2.45) is 0 Å². The van der Waals surface area contributed by atoms with Crippen molar-refractivity contribution in [2.75, 3.05) is 7.05 Å². The van der Waals surface area contributed by atoms with Crippen LogP contribution in [-0.2, 0) is 29.0 Å². The standard InChI is InChI=1S/C25H23Cl3N2O2/c1-29-25(32)23(13-17-6-3-2-4-7-17)30(16-19-10-11-21(27)15-22(19)28)24(31)14-18-8-5-9-20(26)12-18/h2-12,15,23H,13-14,16H2,1H3,(H,29,32)/t23-/m1/s1. The summed E-state index contributed by atoms with van der Waals surface area (Å²) in [7, 11) is 1.56. The first-order chi connectivity index (χ1) is 15.4. The number of carbonyl (C=O) groups is 2. The lowest BCUT2D eigenvalue weighted by Gasteiger charge is -2.31. The largest absolute Gasteiger partial charge is 0.357 e. The number of nitrogens with one attached hydrogen (secondary N) is 1. The normalized spacial score (nSPS) is 11.6. The maximum atomic E-state index is 13.5. The molecule has 0 saturated carbocycles. The van der Waals surface area contributed by atoms with E-state index in [9.17, 15) is 9.59 Å². The molecule has 2 amide bonds. The van der Waals surface area contributed by atoms with Crippen LogP contribution in [0.2, 0.25) is 15.1 Å². The van der Waals surface area contributed by atoms with Crippen molar-refractivity contribution in [2.45, 2.75) is 25.4 Å². The molecule has 3 aromatic rings. The Bertz CT molecular complexity index is 1090. The van der Waals surface area contributed by atoms with Crippen LogP contribution in [0, 0.1) is 0 Å². The molecule has 0 aliphatic heterocycles. The number of likely N-dealkylation sites (N-methyl/N-ethyl adjacent to an activating group) is 1. The summed E-state index contributed by atoms with van der Waals surface area (Å²) in [6, 6.07) is 21.1. The van der Waals surface area contributed by atoms with Gasteiger partial charge in [0.2, 0.25) is 11.8 Å². The van der Waals surface area contributed by atoms with Gasteiger partial charge in [-0.15, -0.1) is 0 Å². The number of hydrogen-bond acceptors (Lipinski definition) is 2. The fourth-order valence-electron chi connectivity index (χ4n) is 3.48. The number of amides is 2. The molecule has 0 radical (unpaired) electrons. The zero-order valence-corrected chi connectivity index (χ0v) is 19.8. The molecule has 7 heteroatoms. The third kappa shape index (κ3) is 6.49. The maximum absolute atomic E-state index is 13.5. The van der Waals surface area contributed by atoms with Crippen molar-refractivity contribution in [3.8, 4) is 0 Å². The van der Waals surface area contributed by atoms with Gasteiger partial charge >= 0.3 is 0 Å². The predicted molar refractivity (Wildman–Crippen MR) is 130 cm³/mol. The van der Waals surface area contributed by atoms with Gasteiger partial charge in [0.05, 0.1) is 6.42 Å². The lowest BCUT2D eigenvalue weighted by atomic mass is 10.0. The number of hydrogen-bond donors (Lipinski definition) is 1. The minimum absolute atomic E-state index is 0.105. The van der Waals surface area contributed by atoms with Gasteiger partial charge in [0.25, 0.3) is 0 Å². The molecular weight excluding hydrogens is 467 g/mol. The maximum Gasteiger partial charge on any atom is 0.242 e. The Morgan fingerprint density at radius 2 is 1.56 bits per heavy atom. The van der Waals surface area contributed by atoms with Crippen LogP contribution in [-0.4, -0.2) is 29.8 Å². The first kappa shape index (κ1) is 24.1. The monoisotopic (exact) mass is 488 g/mol. The van der Waals surface area contributed by atoms with Crippen molar-refractivity contribution in [3.05, 3.63) is 105 Å². The van der Waals surface area contributed by atoms with E-state index >= 15 is 0 Å². The number of rotatable bonds is 8. The molecule has 1 N–H and O–H groups in total. The van der Waals surface area contributed by atoms with Gasteiger partial charge in [-0.2, -0.15) is 0 Å². The molecule has 0 aliphatic carbocycles. The molecule has 3 rings (SSSR count). The molecule has 4 nitrogen and oxygen atoms in total. The van der Waals surface area contributed by atoms with E-state index in [1.54, 1.807) is 48.3 Å². The second-order valence-corrected chi connectivity index (χ2v) is 8.66. The number of benzene rings is 3. The van der Waals surface area contributed by atoms with Crippen LogP contribution < -0.4 is 5.32 Å². The van der Waals surface area contributed by atoms with Crippen LogP contribution in [0.15, 0.2) is 72.8 Å². The van der Waals surface area contributed by atoms with Crippen LogP contribution in [0.25, 0.3) is 0 Å². The van der Waals surface area contributed by atoms with E-state index < -0.39 is 6.04 Å². The van der Waals surface area contributed by atoms with Crippen LogP contribution in [0.3, 0.4) is 0 Å². The van der Waals surface area contributed by atoms with Gasteiger partial charge in [0, 0.05) is 35.1 Å². The SMILES string of the molecule is CNC(=O)[C@@H](Cc1ccccc1)N(Cc1ccc(Cl)cc1Cl)C(=O)Cc1cccc(Cl)c1. The molecule has 0 spiro atoms. The van der Waals surface area contributed by atoms with Crippen LogP contribution in [0.5, 0.6) is 0 Å². The Labute approximate surface area is 203 Å². The van der Waals surface area contributed by atoms with Gasteiger partial charge < -0.3 is 10.2 Å². The van der Waals surface area contributed by atoms with Gasteiger partial charge in [-0.25, -0.2) is 0 Å². The van der Waals surface area contributed by atoms with Crippen molar-refractivity contribution >= 4 is 46.6 Å². The molecule has 0 unspecified atom stereocenters. The minimum Gasteiger partial charge on any atom is -0.357 e. The molecule has 0 aliphatic rings.